The number of amides is 1. The molecule has 2 aromatic heterocycles. The minimum Gasteiger partial charge on any atom is -0.385 e. The van der Waals surface area contributed by atoms with Crippen LogP contribution >= 0.6 is 11.6 Å². The number of hydrogen-bond donors (Lipinski definition) is 1. The van der Waals surface area contributed by atoms with Crippen molar-refractivity contribution < 1.29 is 9.53 Å². The Balaban J connectivity index is 1.34. The molecular formula is C21H29ClN4O2. The van der Waals surface area contributed by atoms with E-state index in [4.69, 9.17) is 16.3 Å². The van der Waals surface area contributed by atoms with Crippen molar-refractivity contribution in [3.05, 3.63) is 34.7 Å². The smallest absolute Gasteiger partial charge is 0.255 e. The number of hydrogen-bond acceptors (Lipinski definition) is 4. The van der Waals surface area contributed by atoms with E-state index in [1.807, 2.05) is 18.3 Å². The van der Waals surface area contributed by atoms with Gasteiger partial charge in [-0.1, -0.05) is 25.4 Å². The number of aromatic nitrogens is 2. The predicted octanol–water partition coefficient (Wildman–Crippen LogP) is 3.06. The molecule has 1 aliphatic carbocycles. The van der Waals surface area contributed by atoms with Crippen LogP contribution in [0.25, 0.3) is 5.65 Å². The fourth-order valence-corrected chi connectivity index (χ4v) is 4.96. The number of halogens is 1. The minimum absolute atomic E-state index is 0.0653. The van der Waals surface area contributed by atoms with Crippen molar-refractivity contribution in [3.8, 4) is 0 Å². The molecule has 0 bridgehead atoms. The number of methoxy groups -OCH3 is 1. The van der Waals surface area contributed by atoms with Gasteiger partial charge in [-0.2, -0.15) is 0 Å². The van der Waals surface area contributed by atoms with Gasteiger partial charge in [-0.3, -0.25) is 9.20 Å². The maximum absolute atomic E-state index is 12.8. The third-order valence-corrected chi connectivity index (χ3v) is 6.55. The summed E-state index contributed by atoms with van der Waals surface area (Å²) < 4.78 is 6.93. The zero-order valence-corrected chi connectivity index (χ0v) is 17.6. The fraction of sp³-hybridized carbons (Fsp3) is 0.619. The van der Waals surface area contributed by atoms with Crippen molar-refractivity contribution in [2.24, 2.45) is 17.8 Å². The molecular weight excluding hydrogens is 376 g/mol. The molecule has 152 valence electrons. The van der Waals surface area contributed by atoms with Crippen LogP contribution in [-0.4, -0.2) is 60.1 Å². The van der Waals surface area contributed by atoms with E-state index in [1.165, 1.54) is 0 Å². The van der Waals surface area contributed by atoms with Crippen molar-refractivity contribution in [2.45, 2.75) is 26.2 Å². The molecule has 4 rings (SSSR count). The number of fused-ring (bicyclic) bond motifs is 2. The maximum Gasteiger partial charge on any atom is 0.255 e. The molecule has 3 heterocycles. The topological polar surface area (TPSA) is 58.9 Å². The number of piperidine rings is 1. The van der Waals surface area contributed by atoms with E-state index in [-0.39, 0.29) is 11.8 Å². The van der Waals surface area contributed by atoms with E-state index in [1.54, 1.807) is 11.5 Å². The van der Waals surface area contributed by atoms with Crippen LogP contribution in [0.1, 0.15) is 42.2 Å². The third kappa shape index (κ3) is 3.65. The molecule has 1 amide bonds. The first-order valence-corrected chi connectivity index (χ1v) is 10.5. The summed E-state index contributed by atoms with van der Waals surface area (Å²) in [5.41, 5.74) is 2.05. The Morgan fingerprint density at radius 1 is 1.39 bits per heavy atom. The quantitative estimate of drug-likeness (QED) is 0.687. The van der Waals surface area contributed by atoms with Crippen LogP contribution in [0.15, 0.2) is 18.3 Å². The van der Waals surface area contributed by atoms with Gasteiger partial charge >= 0.3 is 0 Å². The second-order valence-electron chi connectivity index (χ2n) is 8.37. The molecule has 0 radical (unpaired) electrons. The summed E-state index contributed by atoms with van der Waals surface area (Å²) in [4.78, 5) is 20.0. The third-order valence-electron chi connectivity index (χ3n) is 6.18. The minimum atomic E-state index is -0.0653. The number of ether oxygens (including phenoxy) is 1. The number of nitrogens with zero attached hydrogens (tertiary/aromatic N) is 3. The first-order valence-electron chi connectivity index (χ1n) is 10.2. The van der Waals surface area contributed by atoms with Crippen molar-refractivity contribution in [1.29, 1.82) is 0 Å². The molecule has 2 aromatic rings. The average molecular weight is 405 g/mol. The molecule has 28 heavy (non-hydrogen) atoms. The molecule has 1 saturated heterocycles. The summed E-state index contributed by atoms with van der Waals surface area (Å²) in [7, 11) is 1.75. The zero-order valence-electron chi connectivity index (χ0n) is 16.8. The van der Waals surface area contributed by atoms with Gasteiger partial charge in [-0.25, -0.2) is 4.98 Å². The molecule has 2 atom stereocenters. The van der Waals surface area contributed by atoms with Gasteiger partial charge in [0.05, 0.1) is 11.3 Å². The van der Waals surface area contributed by atoms with Crippen LogP contribution in [0.3, 0.4) is 0 Å². The van der Waals surface area contributed by atoms with Gasteiger partial charge in [0.25, 0.3) is 5.91 Å². The Kier molecular flexibility index (Phi) is 5.63. The van der Waals surface area contributed by atoms with Crippen molar-refractivity contribution in [2.75, 3.05) is 39.9 Å². The maximum atomic E-state index is 12.8. The first-order chi connectivity index (χ1) is 13.5. The van der Waals surface area contributed by atoms with Crippen LogP contribution in [0.4, 0.5) is 0 Å². The highest BCUT2D eigenvalue weighted by atomic mass is 35.5. The van der Waals surface area contributed by atoms with Gasteiger partial charge in [0.15, 0.2) is 5.65 Å². The van der Waals surface area contributed by atoms with E-state index in [9.17, 15) is 4.79 Å². The van der Waals surface area contributed by atoms with E-state index in [0.29, 0.717) is 22.3 Å². The summed E-state index contributed by atoms with van der Waals surface area (Å²) in [6.07, 6.45) is 2.95. The zero-order chi connectivity index (χ0) is 19.8. The average Bonchev–Trinajstić information content (AvgIpc) is 3.00. The highest BCUT2D eigenvalue weighted by molar-refractivity contribution is 6.30. The van der Waals surface area contributed by atoms with Crippen LogP contribution in [0.5, 0.6) is 0 Å². The number of likely N-dealkylation sites (tertiary alicyclic amines) is 1. The number of pyridine rings is 1. The van der Waals surface area contributed by atoms with Gasteiger partial charge in [-0.05, 0) is 42.2 Å². The number of rotatable bonds is 8. The van der Waals surface area contributed by atoms with Crippen LogP contribution in [0.2, 0.25) is 5.15 Å². The molecule has 2 aliphatic rings. The lowest BCUT2D eigenvalue weighted by Crippen LogP contribution is -2.31. The number of imidazole rings is 1. The monoisotopic (exact) mass is 404 g/mol. The van der Waals surface area contributed by atoms with Crippen molar-refractivity contribution in [3.63, 3.8) is 0 Å². The van der Waals surface area contributed by atoms with Gasteiger partial charge in [-0.15, -0.1) is 0 Å². The van der Waals surface area contributed by atoms with E-state index in [0.717, 1.165) is 56.7 Å². The number of nitrogens with one attached hydrogen (secondary N) is 1. The lowest BCUT2D eigenvalue weighted by molar-refractivity contribution is 0.0950. The van der Waals surface area contributed by atoms with Crippen LogP contribution in [0, 0.1) is 17.8 Å². The molecule has 7 heteroatoms. The van der Waals surface area contributed by atoms with Crippen LogP contribution < -0.4 is 5.32 Å². The molecule has 0 spiro atoms. The summed E-state index contributed by atoms with van der Waals surface area (Å²) in [6.45, 7) is 9.09. The van der Waals surface area contributed by atoms with Gasteiger partial charge in [0.1, 0.15) is 5.15 Å². The van der Waals surface area contributed by atoms with Gasteiger partial charge in [0, 0.05) is 46.1 Å². The molecule has 6 nitrogen and oxygen atoms in total. The van der Waals surface area contributed by atoms with E-state index in [2.05, 4.69) is 29.0 Å². The van der Waals surface area contributed by atoms with Crippen molar-refractivity contribution >= 4 is 23.2 Å². The molecule has 1 N–H and O–H groups in total. The first kappa shape index (κ1) is 19.7. The summed E-state index contributed by atoms with van der Waals surface area (Å²) in [5.74, 6) is 2.21. The molecule has 1 aliphatic heterocycles. The van der Waals surface area contributed by atoms with E-state index >= 15 is 0 Å². The molecule has 1 saturated carbocycles. The Bertz CT molecular complexity index is 853. The van der Waals surface area contributed by atoms with Gasteiger partial charge in [0.2, 0.25) is 0 Å². The lowest BCUT2D eigenvalue weighted by atomic mass is 10.2. The summed E-state index contributed by atoms with van der Waals surface area (Å²) >= 11 is 6.45. The summed E-state index contributed by atoms with van der Waals surface area (Å²) in [6, 6.07) is 3.67. The largest absolute Gasteiger partial charge is 0.385 e. The van der Waals surface area contributed by atoms with E-state index < -0.39 is 0 Å². The Hall–Kier alpha value is -1.63. The highest BCUT2D eigenvalue weighted by Gasteiger charge is 2.54. The SMILES string of the molecule is COCCCN1CC2C(CNC(=O)c3cccn4c(Cl)c(C(C)C)nc34)C2C1. The molecule has 2 fully saturated rings. The Labute approximate surface area is 171 Å². The second kappa shape index (κ2) is 8.01. The Morgan fingerprint density at radius 2 is 2.14 bits per heavy atom. The van der Waals surface area contributed by atoms with Gasteiger partial charge < -0.3 is 15.0 Å². The standard InChI is InChI=1S/C21H29ClN4O2/c1-13(2)18-19(22)26-8-4-6-14(20(26)24-18)21(27)23-10-15-16-11-25(12-17(15)16)7-5-9-28-3/h4,6,8,13,15-17H,5,7,9-12H2,1-3H3,(H,23,27). The molecule has 2 unspecified atom stereocenters. The number of carbonyl (C=O) groups excluding carboxylic acids is 1. The van der Waals surface area contributed by atoms with Crippen molar-refractivity contribution in [1.82, 2.24) is 19.6 Å². The predicted molar refractivity (Wildman–Crippen MR) is 110 cm³/mol. The van der Waals surface area contributed by atoms with Crippen LogP contribution in [-0.2, 0) is 4.74 Å². The Morgan fingerprint density at radius 3 is 2.82 bits per heavy atom. The fourth-order valence-electron chi connectivity index (χ4n) is 4.56. The second-order valence-corrected chi connectivity index (χ2v) is 8.72. The normalized spacial score (nSPS) is 24.1. The summed E-state index contributed by atoms with van der Waals surface area (Å²) in [5, 5.41) is 3.72. The number of carbonyl (C=O) groups is 1. The molecule has 0 aromatic carbocycles. The lowest BCUT2D eigenvalue weighted by Gasteiger charge is -2.19. The highest BCUT2D eigenvalue weighted by Crippen LogP contribution is 2.51.